The molecule has 3 rings (SSSR count). The van der Waals surface area contributed by atoms with Gasteiger partial charge in [-0.3, -0.25) is 4.79 Å². The highest BCUT2D eigenvalue weighted by atomic mass is 16.5. The summed E-state index contributed by atoms with van der Waals surface area (Å²) in [5.41, 5.74) is 3.80. The first-order valence-electron chi connectivity index (χ1n) is 8.82. The van der Waals surface area contributed by atoms with Crippen LogP contribution >= 0.6 is 0 Å². The van der Waals surface area contributed by atoms with Gasteiger partial charge in [0.05, 0.1) is 12.7 Å². The van der Waals surface area contributed by atoms with Gasteiger partial charge in [0.25, 0.3) is 0 Å². The molecule has 1 heterocycles. The number of esters is 1. The molecule has 144 valence electrons. The minimum Gasteiger partial charge on any atom is -0.497 e. The SMILES string of the molecule is COc1ccc(-n2c(C)cc(C(=O)Oc3ccc(NC(C)=O)cc3)c2C)cc1. The molecule has 1 amide bonds. The van der Waals surface area contributed by atoms with Crippen LogP contribution in [-0.4, -0.2) is 23.6 Å². The van der Waals surface area contributed by atoms with E-state index >= 15 is 0 Å². The first kappa shape index (κ1) is 19.2. The maximum absolute atomic E-state index is 12.7. The molecule has 0 radical (unpaired) electrons. The second-order valence-corrected chi connectivity index (χ2v) is 6.41. The van der Waals surface area contributed by atoms with Gasteiger partial charge in [0, 0.05) is 29.7 Å². The zero-order chi connectivity index (χ0) is 20.3. The molecule has 1 N–H and O–H groups in total. The highest BCUT2D eigenvalue weighted by Crippen LogP contribution is 2.24. The minimum atomic E-state index is -0.430. The van der Waals surface area contributed by atoms with Gasteiger partial charge in [-0.2, -0.15) is 0 Å². The Balaban J connectivity index is 1.81. The number of hydrogen-bond donors (Lipinski definition) is 1. The fraction of sp³-hybridized carbons (Fsp3) is 0.182. The first-order valence-corrected chi connectivity index (χ1v) is 8.82. The second kappa shape index (κ2) is 8.00. The third-order valence-corrected chi connectivity index (χ3v) is 4.37. The molecule has 0 spiro atoms. The van der Waals surface area contributed by atoms with E-state index in [-0.39, 0.29) is 5.91 Å². The Morgan fingerprint density at radius 1 is 0.929 bits per heavy atom. The van der Waals surface area contributed by atoms with Crippen molar-refractivity contribution in [2.24, 2.45) is 0 Å². The van der Waals surface area contributed by atoms with Crippen LogP contribution in [-0.2, 0) is 4.79 Å². The van der Waals surface area contributed by atoms with Gasteiger partial charge in [-0.15, -0.1) is 0 Å². The molecule has 6 nitrogen and oxygen atoms in total. The molecule has 0 saturated carbocycles. The van der Waals surface area contributed by atoms with Gasteiger partial charge in [-0.25, -0.2) is 4.79 Å². The average Bonchev–Trinajstić information content (AvgIpc) is 2.97. The summed E-state index contributed by atoms with van der Waals surface area (Å²) in [6.45, 7) is 5.26. The van der Waals surface area contributed by atoms with Crippen molar-refractivity contribution in [3.05, 3.63) is 71.5 Å². The Morgan fingerprint density at radius 2 is 1.54 bits per heavy atom. The van der Waals surface area contributed by atoms with E-state index in [1.54, 1.807) is 31.4 Å². The second-order valence-electron chi connectivity index (χ2n) is 6.41. The van der Waals surface area contributed by atoms with Crippen LogP contribution in [0.25, 0.3) is 5.69 Å². The van der Waals surface area contributed by atoms with Gasteiger partial charge in [0.2, 0.25) is 5.91 Å². The van der Waals surface area contributed by atoms with Gasteiger partial charge in [0.1, 0.15) is 11.5 Å². The zero-order valence-electron chi connectivity index (χ0n) is 16.3. The van der Waals surface area contributed by atoms with Crippen molar-refractivity contribution in [3.8, 4) is 17.2 Å². The molecule has 1 aromatic heterocycles. The number of aryl methyl sites for hydroxylation is 1. The Morgan fingerprint density at radius 3 is 2.11 bits per heavy atom. The summed E-state index contributed by atoms with van der Waals surface area (Å²) in [5.74, 6) is 0.595. The fourth-order valence-electron chi connectivity index (χ4n) is 3.07. The van der Waals surface area contributed by atoms with Crippen molar-refractivity contribution in [3.63, 3.8) is 0 Å². The van der Waals surface area contributed by atoms with Gasteiger partial charge in [0.15, 0.2) is 0 Å². The largest absolute Gasteiger partial charge is 0.497 e. The van der Waals surface area contributed by atoms with Crippen LogP contribution < -0.4 is 14.8 Å². The monoisotopic (exact) mass is 378 g/mol. The molecule has 0 saturated heterocycles. The summed E-state index contributed by atoms with van der Waals surface area (Å²) in [5, 5.41) is 2.67. The van der Waals surface area contributed by atoms with Crippen LogP contribution in [0, 0.1) is 13.8 Å². The molecule has 0 aliphatic heterocycles. The molecule has 3 aromatic rings. The summed E-state index contributed by atoms with van der Waals surface area (Å²) in [6, 6.07) is 16.1. The quantitative estimate of drug-likeness (QED) is 0.531. The summed E-state index contributed by atoms with van der Waals surface area (Å²) in [4.78, 5) is 23.7. The molecule has 6 heteroatoms. The molecule has 0 aliphatic rings. The van der Waals surface area contributed by atoms with Gasteiger partial charge < -0.3 is 19.4 Å². The van der Waals surface area contributed by atoms with Crippen molar-refractivity contribution in [2.75, 3.05) is 12.4 Å². The van der Waals surface area contributed by atoms with Crippen molar-refractivity contribution in [1.29, 1.82) is 0 Å². The van der Waals surface area contributed by atoms with Gasteiger partial charge in [-0.1, -0.05) is 0 Å². The maximum atomic E-state index is 12.7. The molecule has 0 bridgehead atoms. The van der Waals surface area contributed by atoms with E-state index in [1.807, 2.05) is 48.7 Å². The molecule has 0 fully saturated rings. The Kier molecular flexibility index (Phi) is 5.49. The van der Waals surface area contributed by atoms with E-state index in [1.165, 1.54) is 6.92 Å². The van der Waals surface area contributed by atoms with E-state index in [4.69, 9.17) is 9.47 Å². The highest BCUT2D eigenvalue weighted by Gasteiger charge is 2.18. The predicted octanol–water partition coefficient (Wildman–Crippen LogP) is 4.28. The third-order valence-electron chi connectivity index (χ3n) is 4.37. The number of carbonyl (C=O) groups is 2. The predicted molar refractivity (Wildman–Crippen MR) is 107 cm³/mol. The number of carbonyl (C=O) groups excluding carboxylic acids is 2. The number of ether oxygens (including phenoxy) is 2. The fourth-order valence-corrected chi connectivity index (χ4v) is 3.07. The van der Waals surface area contributed by atoms with E-state index in [0.29, 0.717) is 17.0 Å². The number of nitrogens with zero attached hydrogens (tertiary/aromatic N) is 1. The number of rotatable bonds is 5. The van der Waals surface area contributed by atoms with Gasteiger partial charge in [-0.05, 0) is 68.4 Å². The van der Waals surface area contributed by atoms with Crippen LogP contribution in [0.3, 0.4) is 0 Å². The topological polar surface area (TPSA) is 69.6 Å². The molecule has 2 aromatic carbocycles. The van der Waals surface area contributed by atoms with E-state index < -0.39 is 5.97 Å². The third kappa shape index (κ3) is 4.06. The lowest BCUT2D eigenvalue weighted by atomic mass is 10.2. The van der Waals surface area contributed by atoms with Crippen LogP contribution in [0.2, 0.25) is 0 Å². The Labute approximate surface area is 163 Å². The number of anilines is 1. The number of benzene rings is 2. The lowest BCUT2D eigenvalue weighted by Crippen LogP contribution is -2.10. The standard InChI is InChI=1S/C22H22N2O4/c1-14-13-21(15(2)24(14)18-7-11-19(27-4)12-8-18)22(26)28-20-9-5-17(6-10-20)23-16(3)25/h5-13H,1-4H3,(H,23,25). The van der Waals surface area contributed by atoms with Crippen molar-refractivity contribution >= 4 is 17.6 Å². The number of hydrogen-bond acceptors (Lipinski definition) is 4. The number of amides is 1. The lowest BCUT2D eigenvalue weighted by Gasteiger charge is -2.11. The van der Waals surface area contributed by atoms with E-state index in [2.05, 4.69) is 5.32 Å². The highest BCUT2D eigenvalue weighted by molar-refractivity contribution is 5.93. The van der Waals surface area contributed by atoms with Crippen molar-refractivity contribution < 1.29 is 19.1 Å². The lowest BCUT2D eigenvalue weighted by molar-refractivity contribution is -0.114. The van der Waals surface area contributed by atoms with Crippen molar-refractivity contribution in [2.45, 2.75) is 20.8 Å². The first-order chi connectivity index (χ1) is 13.4. The molecular formula is C22H22N2O4. The zero-order valence-corrected chi connectivity index (χ0v) is 16.3. The average molecular weight is 378 g/mol. The summed E-state index contributed by atoms with van der Waals surface area (Å²) < 4.78 is 12.7. The Hall–Kier alpha value is -3.54. The molecule has 0 aliphatic carbocycles. The normalized spacial score (nSPS) is 10.4. The van der Waals surface area contributed by atoms with Crippen LogP contribution in [0.1, 0.15) is 28.7 Å². The van der Waals surface area contributed by atoms with Crippen molar-refractivity contribution in [1.82, 2.24) is 4.57 Å². The molecule has 0 unspecified atom stereocenters. The minimum absolute atomic E-state index is 0.157. The number of nitrogens with one attached hydrogen (secondary N) is 1. The number of methoxy groups -OCH3 is 1. The maximum Gasteiger partial charge on any atom is 0.345 e. The molecular weight excluding hydrogens is 356 g/mol. The Bertz CT molecular complexity index is 1000. The number of aromatic nitrogens is 1. The van der Waals surface area contributed by atoms with Crippen LogP contribution in [0.15, 0.2) is 54.6 Å². The summed E-state index contributed by atoms with van der Waals surface area (Å²) >= 11 is 0. The smallest absolute Gasteiger partial charge is 0.345 e. The van der Waals surface area contributed by atoms with Crippen LogP contribution in [0.5, 0.6) is 11.5 Å². The summed E-state index contributed by atoms with van der Waals surface area (Å²) in [6.07, 6.45) is 0. The van der Waals surface area contributed by atoms with E-state index in [9.17, 15) is 9.59 Å². The summed E-state index contributed by atoms with van der Waals surface area (Å²) in [7, 11) is 1.62. The van der Waals surface area contributed by atoms with Gasteiger partial charge >= 0.3 is 5.97 Å². The molecule has 0 atom stereocenters. The molecule has 28 heavy (non-hydrogen) atoms. The van der Waals surface area contributed by atoms with E-state index in [0.717, 1.165) is 22.8 Å². The van der Waals surface area contributed by atoms with Crippen LogP contribution in [0.4, 0.5) is 5.69 Å².